The van der Waals surface area contributed by atoms with Crippen molar-refractivity contribution in [1.29, 1.82) is 0 Å². The van der Waals surface area contributed by atoms with Gasteiger partial charge in [0.1, 0.15) is 5.75 Å². The van der Waals surface area contributed by atoms with Crippen LogP contribution in [0.25, 0.3) is 28.2 Å². The predicted octanol–water partition coefficient (Wildman–Crippen LogP) is 3.86. The SMILES string of the molecule is COC(=O)c1cc(-c2cccc(OC)c2)nc2cc(-c3ccccc3)nn12. The Bertz CT molecular complexity index is 1120. The number of benzene rings is 2. The number of carbonyl (C=O) groups excluding carboxylic acids is 1. The maximum Gasteiger partial charge on any atom is 0.356 e. The molecule has 0 bridgehead atoms. The van der Waals surface area contributed by atoms with Crippen LogP contribution in [0.1, 0.15) is 10.5 Å². The van der Waals surface area contributed by atoms with Crippen molar-refractivity contribution in [3.05, 3.63) is 72.4 Å². The molecule has 2 heterocycles. The predicted molar refractivity (Wildman–Crippen MR) is 102 cm³/mol. The fraction of sp³-hybridized carbons (Fsp3) is 0.0952. The monoisotopic (exact) mass is 359 g/mol. The Morgan fingerprint density at radius 1 is 0.889 bits per heavy atom. The van der Waals surface area contributed by atoms with Gasteiger partial charge in [0.2, 0.25) is 0 Å². The van der Waals surface area contributed by atoms with Crippen LogP contribution in [-0.4, -0.2) is 34.8 Å². The van der Waals surface area contributed by atoms with Crippen molar-refractivity contribution in [2.75, 3.05) is 14.2 Å². The molecule has 134 valence electrons. The number of hydrogen-bond donors (Lipinski definition) is 0. The standard InChI is InChI=1S/C21H17N3O3/c1-26-16-10-6-9-15(11-16)17-12-19(21(25)27-2)24-20(22-17)13-18(23-24)14-7-4-3-5-8-14/h3-13H,1-2H3. The lowest BCUT2D eigenvalue weighted by Gasteiger charge is -2.08. The summed E-state index contributed by atoms with van der Waals surface area (Å²) in [7, 11) is 2.96. The van der Waals surface area contributed by atoms with E-state index in [2.05, 4.69) is 10.1 Å². The largest absolute Gasteiger partial charge is 0.497 e. The van der Waals surface area contributed by atoms with Gasteiger partial charge in [0.25, 0.3) is 0 Å². The van der Waals surface area contributed by atoms with E-state index in [0.717, 1.165) is 16.8 Å². The van der Waals surface area contributed by atoms with Crippen molar-refractivity contribution < 1.29 is 14.3 Å². The molecular formula is C21H17N3O3. The van der Waals surface area contributed by atoms with Gasteiger partial charge in [-0.2, -0.15) is 5.10 Å². The third-order valence-corrected chi connectivity index (χ3v) is 4.26. The second-order valence-corrected chi connectivity index (χ2v) is 5.92. The van der Waals surface area contributed by atoms with E-state index in [0.29, 0.717) is 22.8 Å². The van der Waals surface area contributed by atoms with Crippen LogP contribution in [0.15, 0.2) is 66.7 Å². The van der Waals surface area contributed by atoms with Gasteiger partial charge < -0.3 is 9.47 Å². The quantitative estimate of drug-likeness (QED) is 0.518. The van der Waals surface area contributed by atoms with Gasteiger partial charge >= 0.3 is 5.97 Å². The van der Waals surface area contributed by atoms with Gasteiger partial charge in [-0.3, -0.25) is 0 Å². The minimum absolute atomic E-state index is 0.308. The Hall–Kier alpha value is -3.67. The number of carbonyl (C=O) groups is 1. The molecule has 0 amide bonds. The maximum absolute atomic E-state index is 12.3. The first kappa shape index (κ1) is 16.8. The maximum atomic E-state index is 12.3. The molecule has 27 heavy (non-hydrogen) atoms. The minimum Gasteiger partial charge on any atom is -0.497 e. The van der Waals surface area contributed by atoms with Gasteiger partial charge in [-0.25, -0.2) is 14.3 Å². The molecular weight excluding hydrogens is 342 g/mol. The van der Waals surface area contributed by atoms with Crippen molar-refractivity contribution in [2.45, 2.75) is 0 Å². The molecule has 6 nitrogen and oxygen atoms in total. The first-order chi connectivity index (χ1) is 13.2. The van der Waals surface area contributed by atoms with Gasteiger partial charge in [0.05, 0.1) is 25.6 Å². The zero-order valence-corrected chi connectivity index (χ0v) is 14.9. The summed E-state index contributed by atoms with van der Waals surface area (Å²) in [6.07, 6.45) is 0. The second-order valence-electron chi connectivity index (χ2n) is 5.92. The number of ether oxygens (including phenoxy) is 2. The average Bonchev–Trinajstić information content (AvgIpc) is 3.17. The summed E-state index contributed by atoms with van der Waals surface area (Å²) >= 11 is 0. The van der Waals surface area contributed by atoms with E-state index in [-0.39, 0.29) is 0 Å². The van der Waals surface area contributed by atoms with Crippen molar-refractivity contribution >= 4 is 11.6 Å². The molecule has 6 heteroatoms. The third kappa shape index (κ3) is 3.13. The molecule has 0 N–H and O–H groups in total. The van der Waals surface area contributed by atoms with Crippen LogP contribution < -0.4 is 4.74 Å². The molecule has 0 saturated heterocycles. The van der Waals surface area contributed by atoms with E-state index in [1.807, 2.05) is 60.7 Å². The lowest BCUT2D eigenvalue weighted by atomic mass is 10.1. The Kier molecular flexibility index (Phi) is 4.30. The van der Waals surface area contributed by atoms with E-state index in [4.69, 9.17) is 9.47 Å². The van der Waals surface area contributed by atoms with Crippen LogP contribution >= 0.6 is 0 Å². The number of hydrogen-bond acceptors (Lipinski definition) is 5. The molecule has 0 saturated carbocycles. The molecule has 0 spiro atoms. The van der Waals surface area contributed by atoms with Crippen LogP contribution in [0, 0.1) is 0 Å². The molecule has 0 fully saturated rings. The number of esters is 1. The first-order valence-corrected chi connectivity index (χ1v) is 8.38. The summed E-state index contributed by atoms with van der Waals surface area (Å²) in [5.41, 5.74) is 4.03. The van der Waals surface area contributed by atoms with E-state index < -0.39 is 5.97 Å². The van der Waals surface area contributed by atoms with Crippen LogP contribution in [0.5, 0.6) is 5.75 Å². The highest BCUT2D eigenvalue weighted by atomic mass is 16.5. The Balaban J connectivity index is 1.92. The lowest BCUT2D eigenvalue weighted by Crippen LogP contribution is -2.10. The van der Waals surface area contributed by atoms with Crippen molar-refractivity contribution in [3.8, 4) is 28.3 Å². The number of rotatable bonds is 4. The second kappa shape index (κ2) is 6.92. The molecule has 4 rings (SSSR count). The summed E-state index contributed by atoms with van der Waals surface area (Å²) in [4.78, 5) is 17.0. The van der Waals surface area contributed by atoms with E-state index >= 15 is 0 Å². The topological polar surface area (TPSA) is 65.7 Å². The van der Waals surface area contributed by atoms with E-state index in [1.165, 1.54) is 11.6 Å². The summed E-state index contributed by atoms with van der Waals surface area (Å²) in [6.45, 7) is 0. The molecule has 0 aliphatic heterocycles. The number of nitrogens with zero attached hydrogens (tertiary/aromatic N) is 3. The molecule has 4 aromatic rings. The van der Waals surface area contributed by atoms with Gasteiger partial charge in [-0.05, 0) is 18.2 Å². The van der Waals surface area contributed by atoms with Crippen LogP contribution in [0.2, 0.25) is 0 Å². The highest BCUT2D eigenvalue weighted by molar-refractivity contribution is 5.90. The highest BCUT2D eigenvalue weighted by Gasteiger charge is 2.17. The van der Waals surface area contributed by atoms with Crippen LogP contribution in [0.4, 0.5) is 0 Å². The van der Waals surface area contributed by atoms with E-state index in [9.17, 15) is 4.79 Å². The molecule has 2 aromatic heterocycles. The number of aromatic nitrogens is 3. The van der Waals surface area contributed by atoms with Crippen molar-refractivity contribution in [1.82, 2.24) is 14.6 Å². The minimum atomic E-state index is -0.478. The highest BCUT2D eigenvalue weighted by Crippen LogP contribution is 2.26. The van der Waals surface area contributed by atoms with Gasteiger partial charge in [0.15, 0.2) is 11.3 Å². The molecule has 0 aliphatic carbocycles. The molecule has 0 radical (unpaired) electrons. The molecule has 0 unspecified atom stereocenters. The Labute approximate surface area is 156 Å². The van der Waals surface area contributed by atoms with Crippen molar-refractivity contribution in [2.24, 2.45) is 0 Å². The fourth-order valence-corrected chi connectivity index (χ4v) is 2.90. The lowest BCUT2D eigenvalue weighted by molar-refractivity contribution is 0.0590. The zero-order chi connectivity index (χ0) is 18.8. The van der Waals surface area contributed by atoms with Gasteiger partial charge in [0, 0.05) is 17.2 Å². The fourth-order valence-electron chi connectivity index (χ4n) is 2.90. The molecule has 0 aliphatic rings. The normalized spacial score (nSPS) is 10.7. The molecule has 0 atom stereocenters. The molecule has 2 aromatic carbocycles. The number of fused-ring (bicyclic) bond motifs is 1. The third-order valence-electron chi connectivity index (χ3n) is 4.26. The first-order valence-electron chi connectivity index (χ1n) is 8.38. The summed E-state index contributed by atoms with van der Waals surface area (Å²) < 4.78 is 11.7. The Morgan fingerprint density at radius 3 is 2.41 bits per heavy atom. The zero-order valence-electron chi connectivity index (χ0n) is 14.9. The van der Waals surface area contributed by atoms with Gasteiger partial charge in [-0.15, -0.1) is 0 Å². The Morgan fingerprint density at radius 2 is 1.67 bits per heavy atom. The van der Waals surface area contributed by atoms with E-state index in [1.54, 1.807) is 13.2 Å². The summed E-state index contributed by atoms with van der Waals surface area (Å²) in [6, 6.07) is 20.8. The van der Waals surface area contributed by atoms with Crippen molar-refractivity contribution in [3.63, 3.8) is 0 Å². The van der Waals surface area contributed by atoms with Crippen LogP contribution in [-0.2, 0) is 4.74 Å². The average molecular weight is 359 g/mol. The smallest absolute Gasteiger partial charge is 0.356 e. The van der Waals surface area contributed by atoms with Gasteiger partial charge in [-0.1, -0.05) is 42.5 Å². The van der Waals surface area contributed by atoms with Crippen LogP contribution in [0.3, 0.4) is 0 Å². The summed E-state index contributed by atoms with van der Waals surface area (Å²) in [5, 5.41) is 4.55. The summed E-state index contributed by atoms with van der Waals surface area (Å²) in [5.74, 6) is 0.238. The number of methoxy groups -OCH3 is 2.